The molecule has 0 radical (unpaired) electrons. The second kappa shape index (κ2) is 8.30. The van der Waals surface area contributed by atoms with Crippen LogP contribution in [0.5, 0.6) is 0 Å². The standard InChI is InChI=1S/C17H29FO4/c1-6-7-8-9-12(18)11-17(5,16(2,3)4)13(15(21)22)10-14(19)20/h10,12H,6-9,11H2,1-5H3,(H,19,20)(H,21,22). The summed E-state index contributed by atoms with van der Waals surface area (Å²) >= 11 is 0. The number of carbonyl (C=O) groups is 2. The van der Waals surface area contributed by atoms with Crippen molar-refractivity contribution in [3.8, 4) is 0 Å². The average molecular weight is 316 g/mol. The summed E-state index contributed by atoms with van der Waals surface area (Å²) in [5.74, 6) is -2.63. The first-order chi connectivity index (χ1) is 9.95. The molecule has 0 fully saturated rings. The smallest absolute Gasteiger partial charge is 0.332 e. The second-order valence-electron chi connectivity index (χ2n) is 7.08. The highest BCUT2D eigenvalue weighted by Gasteiger charge is 2.45. The second-order valence-corrected chi connectivity index (χ2v) is 7.08. The highest BCUT2D eigenvalue weighted by Crippen LogP contribution is 2.48. The van der Waals surface area contributed by atoms with E-state index in [0.29, 0.717) is 12.5 Å². The van der Waals surface area contributed by atoms with Crippen LogP contribution in [0.2, 0.25) is 0 Å². The third-order valence-corrected chi connectivity index (χ3v) is 4.50. The molecule has 0 aliphatic rings. The van der Waals surface area contributed by atoms with E-state index in [1.54, 1.807) is 6.92 Å². The highest BCUT2D eigenvalue weighted by atomic mass is 19.1. The first-order valence-corrected chi connectivity index (χ1v) is 7.78. The van der Waals surface area contributed by atoms with Gasteiger partial charge in [-0.3, -0.25) is 0 Å². The Balaban J connectivity index is 5.49. The fraction of sp³-hybridized carbons (Fsp3) is 0.765. The number of hydrogen-bond donors (Lipinski definition) is 2. The van der Waals surface area contributed by atoms with Crippen LogP contribution in [0.15, 0.2) is 11.6 Å². The Kier molecular flexibility index (Phi) is 7.77. The van der Waals surface area contributed by atoms with Crippen LogP contribution in [0.25, 0.3) is 0 Å². The van der Waals surface area contributed by atoms with Crippen LogP contribution in [0.3, 0.4) is 0 Å². The van der Waals surface area contributed by atoms with E-state index in [1.807, 2.05) is 27.7 Å². The number of alkyl halides is 1. The van der Waals surface area contributed by atoms with Crippen LogP contribution < -0.4 is 0 Å². The Morgan fingerprint density at radius 3 is 2.05 bits per heavy atom. The molecule has 2 unspecified atom stereocenters. The van der Waals surface area contributed by atoms with Gasteiger partial charge >= 0.3 is 11.9 Å². The molecule has 0 saturated heterocycles. The van der Waals surface area contributed by atoms with Gasteiger partial charge in [0, 0.05) is 11.5 Å². The lowest BCUT2D eigenvalue weighted by Crippen LogP contribution is -2.40. The zero-order valence-corrected chi connectivity index (χ0v) is 14.3. The Bertz CT molecular complexity index is 423. The van der Waals surface area contributed by atoms with Crippen molar-refractivity contribution < 1.29 is 24.2 Å². The molecule has 0 aliphatic carbocycles. The minimum absolute atomic E-state index is 0.00558. The number of aliphatic carboxylic acids is 2. The molecule has 0 bridgehead atoms. The lowest BCUT2D eigenvalue weighted by atomic mass is 9.60. The topological polar surface area (TPSA) is 74.6 Å². The molecule has 0 rings (SSSR count). The molecule has 0 aromatic carbocycles. The summed E-state index contributed by atoms with van der Waals surface area (Å²) in [4.78, 5) is 22.5. The van der Waals surface area contributed by atoms with Crippen LogP contribution in [-0.4, -0.2) is 28.3 Å². The normalized spacial score (nSPS) is 16.9. The van der Waals surface area contributed by atoms with E-state index in [4.69, 9.17) is 5.11 Å². The third-order valence-electron chi connectivity index (χ3n) is 4.50. The van der Waals surface area contributed by atoms with Gasteiger partial charge in [-0.25, -0.2) is 14.0 Å². The van der Waals surface area contributed by atoms with E-state index in [2.05, 4.69) is 0 Å². The number of hydrogen-bond acceptors (Lipinski definition) is 2. The molecule has 0 heterocycles. The Morgan fingerprint density at radius 1 is 1.14 bits per heavy atom. The van der Waals surface area contributed by atoms with Crippen molar-refractivity contribution in [2.45, 2.75) is 72.9 Å². The minimum atomic E-state index is -1.32. The monoisotopic (exact) mass is 316 g/mol. The number of unbranched alkanes of at least 4 members (excludes halogenated alkanes) is 2. The summed E-state index contributed by atoms with van der Waals surface area (Å²) in [6.07, 6.45) is 2.61. The van der Waals surface area contributed by atoms with Crippen molar-refractivity contribution in [2.24, 2.45) is 10.8 Å². The van der Waals surface area contributed by atoms with Crippen molar-refractivity contribution in [1.82, 2.24) is 0 Å². The summed E-state index contributed by atoms with van der Waals surface area (Å²) in [7, 11) is 0. The Labute approximate surface area is 132 Å². The van der Waals surface area contributed by atoms with E-state index in [0.717, 1.165) is 19.3 Å². The molecule has 4 nitrogen and oxygen atoms in total. The van der Waals surface area contributed by atoms with E-state index in [9.17, 15) is 19.1 Å². The molecule has 0 aliphatic heterocycles. The zero-order chi connectivity index (χ0) is 17.6. The largest absolute Gasteiger partial charge is 0.478 e. The van der Waals surface area contributed by atoms with Gasteiger partial charge in [0.1, 0.15) is 6.17 Å². The maximum absolute atomic E-state index is 14.3. The quantitative estimate of drug-likeness (QED) is 0.487. The summed E-state index contributed by atoms with van der Waals surface area (Å²) in [6, 6.07) is 0. The molecule has 5 heteroatoms. The van der Waals surface area contributed by atoms with Gasteiger partial charge in [0.05, 0.1) is 5.57 Å². The van der Waals surface area contributed by atoms with Crippen molar-refractivity contribution in [3.63, 3.8) is 0 Å². The fourth-order valence-corrected chi connectivity index (χ4v) is 2.56. The number of rotatable bonds is 9. The maximum atomic E-state index is 14.3. The molecule has 0 aromatic heterocycles. The first-order valence-electron chi connectivity index (χ1n) is 7.78. The van der Waals surface area contributed by atoms with Crippen molar-refractivity contribution in [3.05, 3.63) is 11.6 Å². The van der Waals surface area contributed by atoms with Gasteiger partial charge in [0.2, 0.25) is 0 Å². The van der Waals surface area contributed by atoms with Gasteiger partial charge in [-0.2, -0.15) is 0 Å². The summed E-state index contributed by atoms with van der Waals surface area (Å²) in [5.41, 5.74) is -1.89. The SMILES string of the molecule is CCCCCC(F)CC(C)(C(=CC(=O)O)C(=O)O)C(C)(C)C. The average Bonchev–Trinajstić information content (AvgIpc) is 2.34. The van der Waals surface area contributed by atoms with Crippen LogP contribution in [0, 0.1) is 10.8 Å². The summed E-state index contributed by atoms with van der Waals surface area (Å²) < 4.78 is 14.3. The molecule has 0 saturated carbocycles. The van der Waals surface area contributed by atoms with Gasteiger partial charge in [0.25, 0.3) is 0 Å². The maximum Gasteiger partial charge on any atom is 0.332 e. The van der Waals surface area contributed by atoms with E-state index in [1.165, 1.54) is 0 Å². The number of halogens is 1. The highest BCUT2D eigenvalue weighted by molar-refractivity contribution is 5.95. The molecule has 22 heavy (non-hydrogen) atoms. The van der Waals surface area contributed by atoms with Gasteiger partial charge in [0.15, 0.2) is 0 Å². The Hall–Kier alpha value is -1.39. The van der Waals surface area contributed by atoms with E-state index < -0.39 is 28.9 Å². The van der Waals surface area contributed by atoms with Gasteiger partial charge in [-0.1, -0.05) is 53.9 Å². The molecule has 128 valence electrons. The molecule has 0 aromatic rings. The van der Waals surface area contributed by atoms with Gasteiger partial charge < -0.3 is 10.2 Å². The third kappa shape index (κ3) is 5.78. The zero-order valence-electron chi connectivity index (χ0n) is 14.3. The minimum Gasteiger partial charge on any atom is -0.478 e. The summed E-state index contributed by atoms with van der Waals surface area (Å²) in [5, 5.41) is 18.3. The van der Waals surface area contributed by atoms with Gasteiger partial charge in [-0.05, 0) is 18.3 Å². The number of carboxylic acids is 2. The number of carboxylic acid groups (broad SMARTS) is 2. The molecular formula is C17H29FO4. The lowest BCUT2D eigenvalue weighted by molar-refractivity contribution is -0.137. The molecule has 2 atom stereocenters. The van der Waals surface area contributed by atoms with Gasteiger partial charge in [-0.15, -0.1) is 0 Å². The summed E-state index contributed by atoms with van der Waals surface area (Å²) in [6.45, 7) is 9.10. The van der Waals surface area contributed by atoms with Crippen molar-refractivity contribution in [1.29, 1.82) is 0 Å². The van der Waals surface area contributed by atoms with E-state index >= 15 is 0 Å². The van der Waals surface area contributed by atoms with Crippen LogP contribution >= 0.6 is 0 Å². The van der Waals surface area contributed by atoms with Crippen LogP contribution in [0.1, 0.15) is 66.7 Å². The molecular weight excluding hydrogens is 287 g/mol. The molecule has 2 N–H and O–H groups in total. The Morgan fingerprint density at radius 2 is 1.68 bits per heavy atom. The first kappa shape index (κ1) is 20.6. The fourth-order valence-electron chi connectivity index (χ4n) is 2.56. The molecule has 0 spiro atoms. The van der Waals surface area contributed by atoms with Crippen molar-refractivity contribution in [2.75, 3.05) is 0 Å². The van der Waals surface area contributed by atoms with Crippen molar-refractivity contribution >= 4 is 11.9 Å². The predicted octanol–water partition coefficient (Wildman–Crippen LogP) is 4.44. The predicted molar refractivity (Wildman–Crippen MR) is 84.6 cm³/mol. The molecule has 0 amide bonds. The van der Waals surface area contributed by atoms with E-state index in [-0.39, 0.29) is 12.0 Å². The lowest BCUT2D eigenvalue weighted by Gasteiger charge is -2.43. The van der Waals surface area contributed by atoms with Crippen LogP contribution in [-0.2, 0) is 9.59 Å². The van der Waals surface area contributed by atoms with Crippen LogP contribution in [0.4, 0.5) is 4.39 Å².